The average molecular weight is 285 g/mol. The third kappa shape index (κ3) is 3.94. The number of hydrogen-bond donors (Lipinski definition) is 3. The van der Waals surface area contributed by atoms with Crippen molar-refractivity contribution in [2.45, 2.75) is 45.2 Å². The number of urea groups is 1. The number of carboxylic acids is 1. The van der Waals surface area contributed by atoms with Gasteiger partial charge in [-0.3, -0.25) is 19.3 Å². The zero-order valence-corrected chi connectivity index (χ0v) is 11.7. The van der Waals surface area contributed by atoms with Gasteiger partial charge in [-0.25, -0.2) is 4.79 Å². The highest BCUT2D eigenvalue weighted by molar-refractivity contribution is 6.06. The van der Waals surface area contributed by atoms with Gasteiger partial charge >= 0.3 is 12.0 Å². The average Bonchev–Trinajstić information content (AvgIpc) is 2.44. The van der Waals surface area contributed by atoms with Gasteiger partial charge in [0, 0.05) is 19.0 Å². The van der Waals surface area contributed by atoms with Crippen LogP contribution < -0.4 is 10.6 Å². The lowest BCUT2D eigenvalue weighted by Gasteiger charge is -2.16. The Kier molecular flexibility index (Phi) is 4.69. The van der Waals surface area contributed by atoms with Crippen LogP contribution in [0, 0.1) is 0 Å². The molecule has 0 aliphatic carbocycles. The first kappa shape index (κ1) is 15.9. The Balaban J connectivity index is 2.44. The highest BCUT2D eigenvalue weighted by Gasteiger charge is 2.43. The van der Waals surface area contributed by atoms with Gasteiger partial charge in [0.2, 0.25) is 5.91 Å². The SMILES string of the molecule is CC(CC(=O)O)NC(=O)CCN1C(=O)NC(C)(C)C1=O. The number of nitrogens with one attached hydrogen (secondary N) is 2. The molecule has 1 unspecified atom stereocenters. The normalized spacial score (nSPS) is 18.6. The van der Waals surface area contributed by atoms with E-state index in [1.54, 1.807) is 20.8 Å². The fourth-order valence-corrected chi connectivity index (χ4v) is 1.89. The molecule has 1 atom stereocenters. The summed E-state index contributed by atoms with van der Waals surface area (Å²) in [6, 6.07) is -1.02. The Morgan fingerprint density at radius 2 is 2.00 bits per heavy atom. The molecular weight excluding hydrogens is 266 g/mol. The third-order valence-electron chi connectivity index (χ3n) is 2.90. The maximum Gasteiger partial charge on any atom is 0.325 e. The van der Waals surface area contributed by atoms with Gasteiger partial charge < -0.3 is 15.7 Å². The summed E-state index contributed by atoms with van der Waals surface area (Å²) in [6.07, 6.45) is -0.235. The topological polar surface area (TPSA) is 116 Å². The van der Waals surface area contributed by atoms with E-state index >= 15 is 0 Å². The van der Waals surface area contributed by atoms with Gasteiger partial charge in [0.1, 0.15) is 5.54 Å². The molecule has 1 fully saturated rings. The first-order valence-electron chi connectivity index (χ1n) is 6.28. The molecule has 0 aromatic carbocycles. The fraction of sp³-hybridized carbons (Fsp3) is 0.667. The highest BCUT2D eigenvalue weighted by atomic mass is 16.4. The second-order valence-corrected chi connectivity index (χ2v) is 5.33. The molecule has 0 radical (unpaired) electrons. The second kappa shape index (κ2) is 5.89. The predicted molar refractivity (Wildman–Crippen MR) is 68.8 cm³/mol. The van der Waals surface area contributed by atoms with Crippen LogP contribution in [-0.2, 0) is 14.4 Å². The largest absolute Gasteiger partial charge is 0.481 e. The summed E-state index contributed by atoms with van der Waals surface area (Å²) in [7, 11) is 0. The van der Waals surface area contributed by atoms with Crippen molar-refractivity contribution in [2.75, 3.05) is 6.54 Å². The number of amides is 4. The van der Waals surface area contributed by atoms with Gasteiger partial charge in [0.25, 0.3) is 5.91 Å². The van der Waals surface area contributed by atoms with Crippen LogP contribution in [0.2, 0.25) is 0 Å². The molecule has 8 heteroatoms. The number of imide groups is 1. The number of nitrogens with zero attached hydrogens (tertiary/aromatic N) is 1. The molecule has 1 aliphatic rings. The van der Waals surface area contributed by atoms with Crippen molar-refractivity contribution in [2.24, 2.45) is 0 Å². The van der Waals surface area contributed by atoms with Crippen molar-refractivity contribution >= 4 is 23.8 Å². The Morgan fingerprint density at radius 3 is 2.45 bits per heavy atom. The minimum absolute atomic E-state index is 0.0281. The minimum Gasteiger partial charge on any atom is -0.481 e. The van der Waals surface area contributed by atoms with Gasteiger partial charge in [-0.05, 0) is 20.8 Å². The van der Waals surface area contributed by atoms with E-state index in [1.807, 2.05) is 0 Å². The highest BCUT2D eigenvalue weighted by Crippen LogP contribution is 2.16. The molecule has 0 spiro atoms. The van der Waals surface area contributed by atoms with E-state index in [2.05, 4.69) is 10.6 Å². The molecular formula is C12H19N3O5. The van der Waals surface area contributed by atoms with Crippen LogP contribution in [0.4, 0.5) is 4.79 Å². The molecule has 20 heavy (non-hydrogen) atoms. The van der Waals surface area contributed by atoms with Crippen molar-refractivity contribution in [1.82, 2.24) is 15.5 Å². The molecule has 1 rings (SSSR count). The monoisotopic (exact) mass is 285 g/mol. The maximum absolute atomic E-state index is 11.9. The van der Waals surface area contributed by atoms with Crippen LogP contribution >= 0.6 is 0 Å². The summed E-state index contributed by atoms with van der Waals surface area (Å²) in [4.78, 5) is 46.5. The Labute approximate surface area is 116 Å². The standard InChI is InChI=1S/C12H19N3O5/c1-7(6-9(17)18)13-8(16)4-5-15-10(19)12(2,3)14-11(15)20/h7H,4-6H2,1-3H3,(H,13,16)(H,14,20)(H,17,18). The molecule has 1 saturated heterocycles. The van der Waals surface area contributed by atoms with Crippen LogP contribution in [0.3, 0.4) is 0 Å². The lowest BCUT2D eigenvalue weighted by molar-refractivity contribution is -0.137. The molecule has 4 amide bonds. The molecule has 1 heterocycles. The number of aliphatic carboxylic acids is 1. The van der Waals surface area contributed by atoms with E-state index in [4.69, 9.17) is 5.11 Å². The number of rotatable bonds is 6. The summed E-state index contributed by atoms with van der Waals surface area (Å²) in [5, 5.41) is 13.6. The molecule has 3 N–H and O–H groups in total. The van der Waals surface area contributed by atoms with Gasteiger partial charge in [-0.1, -0.05) is 0 Å². The smallest absolute Gasteiger partial charge is 0.325 e. The van der Waals surface area contributed by atoms with Crippen LogP contribution in [-0.4, -0.2) is 51.9 Å². The first-order chi connectivity index (χ1) is 9.13. The van der Waals surface area contributed by atoms with E-state index in [-0.39, 0.29) is 25.3 Å². The fourth-order valence-electron chi connectivity index (χ4n) is 1.89. The van der Waals surface area contributed by atoms with E-state index in [9.17, 15) is 19.2 Å². The Bertz CT molecular complexity index is 446. The molecule has 0 aromatic rings. The summed E-state index contributed by atoms with van der Waals surface area (Å²) in [6.45, 7) is 4.72. The van der Waals surface area contributed by atoms with Gasteiger partial charge in [0.05, 0.1) is 6.42 Å². The lowest BCUT2D eigenvalue weighted by atomic mass is 10.1. The van der Waals surface area contributed by atoms with Gasteiger partial charge in [0.15, 0.2) is 0 Å². The molecule has 0 bridgehead atoms. The van der Waals surface area contributed by atoms with Crippen molar-refractivity contribution in [1.29, 1.82) is 0 Å². The van der Waals surface area contributed by atoms with Gasteiger partial charge in [-0.2, -0.15) is 0 Å². The maximum atomic E-state index is 11.9. The quantitative estimate of drug-likeness (QED) is 0.579. The minimum atomic E-state index is -1.01. The van der Waals surface area contributed by atoms with E-state index in [0.717, 1.165) is 4.90 Å². The number of carboxylic acid groups (broad SMARTS) is 1. The molecule has 1 aliphatic heterocycles. The molecule has 0 aromatic heterocycles. The molecule has 112 valence electrons. The number of hydrogen-bond acceptors (Lipinski definition) is 4. The van der Waals surface area contributed by atoms with Crippen LogP contribution in [0.5, 0.6) is 0 Å². The predicted octanol–water partition coefficient (Wildman–Crippen LogP) is -0.314. The third-order valence-corrected chi connectivity index (χ3v) is 2.90. The summed E-state index contributed by atoms with van der Waals surface area (Å²) < 4.78 is 0. The van der Waals surface area contributed by atoms with E-state index < -0.39 is 29.5 Å². The van der Waals surface area contributed by atoms with Crippen LogP contribution in [0.25, 0.3) is 0 Å². The van der Waals surface area contributed by atoms with Crippen molar-refractivity contribution < 1.29 is 24.3 Å². The van der Waals surface area contributed by atoms with Crippen LogP contribution in [0.15, 0.2) is 0 Å². The zero-order valence-electron chi connectivity index (χ0n) is 11.7. The van der Waals surface area contributed by atoms with E-state index in [0.29, 0.717) is 0 Å². The Morgan fingerprint density at radius 1 is 1.40 bits per heavy atom. The van der Waals surface area contributed by atoms with Gasteiger partial charge in [-0.15, -0.1) is 0 Å². The number of carbonyl (C=O) groups is 4. The summed E-state index contributed by atoms with van der Waals surface area (Å²) in [5.41, 5.74) is -0.954. The lowest BCUT2D eigenvalue weighted by Crippen LogP contribution is -2.41. The Hall–Kier alpha value is -2.12. The first-order valence-corrected chi connectivity index (χ1v) is 6.28. The van der Waals surface area contributed by atoms with Crippen molar-refractivity contribution in [3.63, 3.8) is 0 Å². The second-order valence-electron chi connectivity index (χ2n) is 5.33. The van der Waals surface area contributed by atoms with E-state index in [1.165, 1.54) is 0 Å². The molecule has 8 nitrogen and oxygen atoms in total. The summed E-state index contributed by atoms with van der Waals surface area (Å²) >= 11 is 0. The van der Waals surface area contributed by atoms with Crippen molar-refractivity contribution in [3.8, 4) is 0 Å². The molecule has 0 saturated carbocycles. The van der Waals surface area contributed by atoms with Crippen LogP contribution in [0.1, 0.15) is 33.6 Å². The number of carbonyl (C=O) groups excluding carboxylic acids is 3. The zero-order chi connectivity index (χ0) is 15.5. The summed E-state index contributed by atoms with van der Waals surface area (Å²) in [5.74, 6) is -1.79. The van der Waals surface area contributed by atoms with Crippen molar-refractivity contribution in [3.05, 3.63) is 0 Å².